The van der Waals surface area contributed by atoms with Gasteiger partial charge in [-0.05, 0) is 18.8 Å². The highest BCUT2D eigenvalue weighted by Gasteiger charge is 2.31. The lowest BCUT2D eigenvalue weighted by Gasteiger charge is -2.25. The second-order valence-corrected chi connectivity index (χ2v) is 6.96. The predicted octanol–water partition coefficient (Wildman–Crippen LogP) is -1.74. The normalized spacial score (nSPS) is 14.4. The molecule has 13 heteroatoms. The zero-order chi connectivity index (χ0) is 24.1. The maximum atomic E-state index is 12.6. The van der Waals surface area contributed by atoms with Crippen molar-refractivity contribution < 1.29 is 44.1 Å². The summed E-state index contributed by atoms with van der Waals surface area (Å²) in [7, 11) is 0. The van der Waals surface area contributed by atoms with Gasteiger partial charge in [-0.25, -0.2) is 4.79 Å². The molecule has 0 aliphatic carbocycles. The van der Waals surface area contributed by atoms with Crippen LogP contribution in [0.1, 0.15) is 46.0 Å². The second kappa shape index (κ2) is 13.9. The average molecular weight is 446 g/mol. The first-order chi connectivity index (χ1) is 14.4. The maximum absolute atomic E-state index is 12.6. The Morgan fingerprint density at radius 3 is 1.65 bits per heavy atom. The Hall–Kier alpha value is -3.22. The summed E-state index contributed by atoms with van der Waals surface area (Å²) in [5.41, 5.74) is 5.19. The van der Waals surface area contributed by atoms with Crippen molar-refractivity contribution >= 4 is 35.6 Å². The smallest absolute Gasteiger partial charge is 0.326 e. The lowest BCUT2D eigenvalue weighted by molar-refractivity contribution is -0.144. The number of carboxylic acids is 3. The van der Waals surface area contributed by atoms with Gasteiger partial charge in [0.15, 0.2) is 0 Å². The van der Waals surface area contributed by atoms with Gasteiger partial charge in [0.25, 0.3) is 0 Å². The fourth-order valence-corrected chi connectivity index (χ4v) is 2.54. The fraction of sp³-hybridized carbons (Fsp3) is 0.667. The van der Waals surface area contributed by atoms with Gasteiger partial charge in [0, 0.05) is 12.8 Å². The molecular formula is C18H30N4O9. The number of nitrogens with two attached hydrogens (primary N) is 1. The molecule has 4 unspecified atom stereocenters. The number of carbonyl (C=O) groups is 6. The summed E-state index contributed by atoms with van der Waals surface area (Å²) in [4.78, 5) is 69.9. The van der Waals surface area contributed by atoms with Crippen molar-refractivity contribution in [1.29, 1.82) is 0 Å². The third-order valence-corrected chi connectivity index (χ3v) is 4.54. The molecule has 13 nitrogen and oxygen atoms in total. The zero-order valence-corrected chi connectivity index (χ0v) is 17.4. The van der Waals surface area contributed by atoms with E-state index in [1.165, 1.54) is 0 Å². The number of hydrogen-bond acceptors (Lipinski definition) is 7. The summed E-state index contributed by atoms with van der Waals surface area (Å²) >= 11 is 0. The summed E-state index contributed by atoms with van der Waals surface area (Å²) in [5, 5.41) is 33.9. The quantitative estimate of drug-likeness (QED) is 0.150. The number of carboxylic acid groups (broad SMARTS) is 3. The van der Waals surface area contributed by atoms with E-state index in [2.05, 4.69) is 16.0 Å². The lowest BCUT2D eigenvalue weighted by atomic mass is 9.98. The van der Waals surface area contributed by atoms with Crippen LogP contribution in [-0.4, -0.2) is 75.6 Å². The van der Waals surface area contributed by atoms with E-state index >= 15 is 0 Å². The SMILES string of the molecule is CCC(C)C(NC(=O)C(CCC(=O)O)NC(=O)C(CCC(=O)O)NC(=O)CN)C(=O)O. The molecular weight excluding hydrogens is 416 g/mol. The van der Waals surface area contributed by atoms with E-state index in [9.17, 15) is 33.9 Å². The number of rotatable bonds is 15. The van der Waals surface area contributed by atoms with Crippen molar-refractivity contribution in [2.24, 2.45) is 11.7 Å². The minimum absolute atomic E-state index is 0.301. The molecule has 0 saturated heterocycles. The van der Waals surface area contributed by atoms with Gasteiger partial charge >= 0.3 is 17.9 Å². The molecule has 0 aromatic rings. The first-order valence-corrected chi connectivity index (χ1v) is 9.69. The van der Waals surface area contributed by atoms with E-state index < -0.39 is 79.1 Å². The van der Waals surface area contributed by atoms with Crippen molar-refractivity contribution in [2.45, 2.75) is 64.1 Å². The number of aliphatic carboxylic acids is 3. The van der Waals surface area contributed by atoms with Crippen LogP contribution in [0, 0.1) is 5.92 Å². The highest BCUT2D eigenvalue weighted by atomic mass is 16.4. The van der Waals surface area contributed by atoms with Gasteiger partial charge in [0.1, 0.15) is 18.1 Å². The minimum atomic E-state index is -1.42. The van der Waals surface area contributed by atoms with E-state index in [4.69, 9.17) is 15.9 Å². The molecule has 0 aliphatic heterocycles. The average Bonchev–Trinajstić information content (AvgIpc) is 2.70. The highest BCUT2D eigenvalue weighted by molar-refractivity contribution is 5.94. The van der Waals surface area contributed by atoms with Crippen LogP contribution in [0.4, 0.5) is 0 Å². The number of hydrogen-bond donors (Lipinski definition) is 7. The second-order valence-electron chi connectivity index (χ2n) is 6.96. The van der Waals surface area contributed by atoms with E-state index in [1.807, 2.05) is 0 Å². The molecule has 0 aromatic heterocycles. The number of amides is 3. The van der Waals surface area contributed by atoms with E-state index in [0.29, 0.717) is 6.42 Å². The van der Waals surface area contributed by atoms with E-state index in [1.54, 1.807) is 13.8 Å². The highest BCUT2D eigenvalue weighted by Crippen LogP contribution is 2.10. The van der Waals surface area contributed by atoms with Crippen LogP contribution in [-0.2, 0) is 28.8 Å². The molecule has 176 valence electrons. The number of carbonyl (C=O) groups excluding carboxylic acids is 3. The van der Waals surface area contributed by atoms with Crippen LogP contribution in [0.2, 0.25) is 0 Å². The Bertz CT molecular complexity index is 683. The Kier molecular flexibility index (Phi) is 12.5. The Labute approximate surface area is 178 Å². The molecule has 0 aliphatic rings. The largest absolute Gasteiger partial charge is 0.481 e. The summed E-state index contributed by atoms with van der Waals surface area (Å²) in [6.45, 7) is 2.87. The van der Waals surface area contributed by atoms with Crippen molar-refractivity contribution in [3.8, 4) is 0 Å². The predicted molar refractivity (Wildman–Crippen MR) is 106 cm³/mol. The minimum Gasteiger partial charge on any atom is -0.481 e. The molecule has 0 fully saturated rings. The van der Waals surface area contributed by atoms with Crippen molar-refractivity contribution in [3.05, 3.63) is 0 Å². The van der Waals surface area contributed by atoms with Gasteiger partial charge in [-0.2, -0.15) is 0 Å². The summed E-state index contributed by atoms with van der Waals surface area (Å²) < 4.78 is 0. The molecule has 0 heterocycles. The molecule has 8 N–H and O–H groups in total. The van der Waals surface area contributed by atoms with Gasteiger partial charge in [-0.3, -0.25) is 24.0 Å². The van der Waals surface area contributed by atoms with Crippen LogP contribution in [0.25, 0.3) is 0 Å². The summed E-state index contributed by atoms with van der Waals surface area (Å²) in [6, 6.07) is -4.02. The van der Waals surface area contributed by atoms with Crippen molar-refractivity contribution in [3.63, 3.8) is 0 Å². The van der Waals surface area contributed by atoms with Gasteiger partial charge in [0.2, 0.25) is 17.7 Å². The van der Waals surface area contributed by atoms with Crippen LogP contribution in [0.5, 0.6) is 0 Å². The molecule has 0 radical (unpaired) electrons. The summed E-state index contributed by atoms with van der Waals surface area (Å²) in [5.74, 6) is -6.78. The fourth-order valence-electron chi connectivity index (χ4n) is 2.54. The van der Waals surface area contributed by atoms with Gasteiger partial charge in [-0.1, -0.05) is 20.3 Å². The molecule has 31 heavy (non-hydrogen) atoms. The molecule has 0 saturated carbocycles. The van der Waals surface area contributed by atoms with Gasteiger partial charge < -0.3 is 37.0 Å². The van der Waals surface area contributed by atoms with Crippen LogP contribution in [0.3, 0.4) is 0 Å². The third kappa shape index (κ3) is 10.9. The molecule has 3 amide bonds. The van der Waals surface area contributed by atoms with Gasteiger partial charge in [-0.15, -0.1) is 0 Å². The Morgan fingerprint density at radius 2 is 1.26 bits per heavy atom. The topological polar surface area (TPSA) is 225 Å². The molecule has 4 atom stereocenters. The third-order valence-electron chi connectivity index (χ3n) is 4.54. The van der Waals surface area contributed by atoms with E-state index in [-0.39, 0.29) is 12.8 Å². The van der Waals surface area contributed by atoms with Crippen LogP contribution in [0.15, 0.2) is 0 Å². The zero-order valence-electron chi connectivity index (χ0n) is 17.4. The van der Waals surface area contributed by atoms with Crippen molar-refractivity contribution in [1.82, 2.24) is 16.0 Å². The Morgan fingerprint density at radius 1 is 0.806 bits per heavy atom. The number of nitrogens with one attached hydrogen (secondary N) is 3. The van der Waals surface area contributed by atoms with Crippen molar-refractivity contribution in [2.75, 3.05) is 6.54 Å². The van der Waals surface area contributed by atoms with Crippen LogP contribution >= 0.6 is 0 Å². The maximum Gasteiger partial charge on any atom is 0.326 e. The first kappa shape index (κ1) is 27.8. The Balaban J connectivity index is 5.51. The van der Waals surface area contributed by atoms with Gasteiger partial charge in [0.05, 0.1) is 6.54 Å². The standard InChI is InChI=1S/C18H30N4O9/c1-3-9(2)15(18(30)31)22-17(29)11(5-7-14(26)27)21-16(28)10(4-6-13(24)25)20-12(23)8-19/h9-11,15H,3-8,19H2,1-2H3,(H,20,23)(H,21,28)(H,22,29)(H,24,25)(H,26,27)(H,30,31). The molecule has 0 rings (SSSR count). The summed E-state index contributed by atoms with van der Waals surface area (Å²) in [6.07, 6.45) is -1.19. The molecule has 0 aromatic carbocycles. The lowest BCUT2D eigenvalue weighted by Crippen LogP contribution is -2.57. The molecule has 0 spiro atoms. The monoisotopic (exact) mass is 446 g/mol. The van der Waals surface area contributed by atoms with E-state index in [0.717, 1.165) is 0 Å². The molecule has 0 bridgehead atoms. The first-order valence-electron chi connectivity index (χ1n) is 9.69. The van der Waals surface area contributed by atoms with Crippen LogP contribution < -0.4 is 21.7 Å².